The fourth-order valence-corrected chi connectivity index (χ4v) is 1.44. The molecule has 1 saturated heterocycles. The minimum Gasteiger partial charge on any atom is -0.496 e. The van der Waals surface area contributed by atoms with Gasteiger partial charge in [-0.1, -0.05) is 0 Å². The van der Waals surface area contributed by atoms with Crippen molar-refractivity contribution in [1.29, 1.82) is 0 Å². The highest BCUT2D eigenvalue weighted by molar-refractivity contribution is 5.38. The molecule has 0 saturated carbocycles. The standard InChI is InChI=1S/C10H11FO2/c1-6-10(13-6)8-5-7(11)3-4-9(8)12-2/h3-6,10H,1-2H3. The molecule has 2 nitrogen and oxygen atoms in total. The SMILES string of the molecule is COc1ccc(F)cc1C1OC1C. The van der Waals surface area contributed by atoms with Gasteiger partial charge in [0.15, 0.2) is 0 Å². The van der Waals surface area contributed by atoms with Gasteiger partial charge in [0.25, 0.3) is 0 Å². The Hall–Kier alpha value is -1.09. The number of benzene rings is 1. The normalized spacial score (nSPS) is 25.8. The second kappa shape index (κ2) is 3.00. The van der Waals surface area contributed by atoms with Gasteiger partial charge < -0.3 is 9.47 Å². The predicted octanol–water partition coefficient (Wildman–Crippen LogP) is 2.29. The second-order valence-electron chi connectivity index (χ2n) is 3.15. The maximum Gasteiger partial charge on any atom is 0.124 e. The summed E-state index contributed by atoms with van der Waals surface area (Å²) < 4.78 is 23.2. The summed E-state index contributed by atoms with van der Waals surface area (Å²) in [5.41, 5.74) is 0.801. The average Bonchev–Trinajstić information content (AvgIpc) is 2.82. The third-order valence-corrected chi connectivity index (χ3v) is 2.21. The summed E-state index contributed by atoms with van der Waals surface area (Å²) >= 11 is 0. The van der Waals surface area contributed by atoms with Gasteiger partial charge in [-0.2, -0.15) is 0 Å². The Morgan fingerprint density at radius 2 is 2.15 bits per heavy atom. The lowest BCUT2D eigenvalue weighted by Gasteiger charge is -2.05. The smallest absolute Gasteiger partial charge is 0.124 e. The number of halogens is 1. The second-order valence-corrected chi connectivity index (χ2v) is 3.15. The van der Waals surface area contributed by atoms with Crippen molar-refractivity contribution in [3.05, 3.63) is 29.6 Å². The topological polar surface area (TPSA) is 21.8 Å². The van der Waals surface area contributed by atoms with Crippen LogP contribution in [0.4, 0.5) is 4.39 Å². The summed E-state index contributed by atoms with van der Waals surface area (Å²) in [6.45, 7) is 1.95. The van der Waals surface area contributed by atoms with Gasteiger partial charge in [-0.05, 0) is 25.1 Å². The molecule has 1 fully saturated rings. The minimum atomic E-state index is -0.251. The molecule has 0 spiro atoms. The third kappa shape index (κ3) is 1.52. The summed E-state index contributed by atoms with van der Waals surface area (Å²) in [4.78, 5) is 0. The van der Waals surface area contributed by atoms with Crippen LogP contribution in [0.2, 0.25) is 0 Å². The summed E-state index contributed by atoms with van der Waals surface area (Å²) in [5.74, 6) is 0.439. The lowest BCUT2D eigenvalue weighted by atomic mass is 10.1. The van der Waals surface area contributed by atoms with E-state index in [0.29, 0.717) is 5.75 Å². The highest BCUT2D eigenvalue weighted by Gasteiger charge is 2.38. The van der Waals surface area contributed by atoms with Gasteiger partial charge in [-0.3, -0.25) is 0 Å². The van der Waals surface area contributed by atoms with Gasteiger partial charge >= 0.3 is 0 Å². The van der Waals surface area contributed by atoms with Crippen molar-refractivity contribution in [2.45, 2.75) is 19.1 Å². The Kier molecular flexibility index (Phi) is 1.96. The van der Waals surface area contributed by atoms with Crippen LogP contribution in [0.3, 0.4) is 0 Å². The molecule has 2 unspecified atom stereocenters. The van der Waals surface area contributed by atoms with Crippen LogP contribution in [-0.2, 0) is 4.74 Å². The first kappa shape index (κ1) is 8.51. The number of rotatable bonds is 2. The molecular weight excluding hydrogens is 171 g/mol. The Labute approximate surface area is 76.3 Å². The Morgan fingerprint density at radius 3 is 2.69 bits per heavy atom. The van der Waals surface area contributed by atoms with Crippen LogP contribution in [0.5, 0.6) is 5.75 Å². The number of methoxy groups -OCH3 is 1. The van der Waals surface area contributed by atoms with Crippen molar-refractivity contribution in [3.63, 3.8) is 0 Å². The molecule has 1 heterocycles. The minimum absolute atomic E-state index is 0.00523. The quantitative estimate of drug-likeness (QED) is 0.654. The Bertz CT molecular complexity index is 325. The molecule has 1 aliphatic rings. The predicted molar refractivity (Wildman–Crippen MR) is 46.2 cm³/mol. The highest BCUT2D eigenvalue weighted by atomic mass is 19.1. The van der Waals surface area contributed by atoms with E-state index in [0.717, 1.165) is 5.56 Å². The summed E-state index contributed by atoms with van der Waals surface area (Å²) in [6, 6.07) is 4.47. The largest absolute Gasteiger partial charge is 0.496 e. The molecule has 0 N–H and O–H groups in total. The number of ether oxygens (including phenoxy) is 2. The molecule has 1 aliphatic heterocycles. The third-order valence-electron chi connectivity index (χ3n) is 2.21. The van der Waals surface area contributed by atoms with Crippen LogP contribution in [0.15, 0.2) is 18.2 Å². The maximum absolute atomic E-state index is 12.9. The Morgan fingerprint density at radius 1 is 1.46 bits per heavy atom. The van der Waals surface area contributed by atoms with Crippen molar-refractivity contribution in [3.8, 4) is 5.75 Å². The first-order valence-electron chi connectivity index (χ1n) is 4.21. The van der Waals surface area contributed by atoms with Gasteiger partial charge in [0.05, 0.1) is 13.2 Å². The van der Waals surface area contributed by atoms with Gasteiger partial charge in [-0.15, -0.1) is 0 Å². The summed E-state index contributed by atoms with van der Waals surface area (Å²) in [6.07, 6.45) is 0.182. The summed E-state index contributed by atoms with van der Waals surface area (Å²) in [7, 11) is 1.57. The van der Waals surface area contributed by atoms with Gasteiger partial charge in [0.1, 0.15) is 17.7 Å². The highest BCUT2D eigenvalue weighted by Crippen LogP contribution is 2.42. The van der Waals surface area contributed by atoms with Crippen LogP contribution in [0.1, 0.15) is 18.6 Å². The average molecular weight is 182 g/mol. The molecule has 0 aromatic heterocycles. The number of epoxide rings is 1. The maximum atomic E-state index is 12.9. The first-order valence-corrected chi connectivity index (χ1v) is 4.21. The van der Waals surface area contributed by atoms with Crippen LogP contribution >= 0.6 is 0 Å². The first-order chi connectivity index (χ1) is 6.22. The molecule has 13 heavy (non-hydrogen) atoms. The molecule has 0 radical (unpaired) electrons. The lowest BCUT2D eigenvalue weighted by molar-refractivity contribution is 0.367. The van der Waals surface area contributed by atoms with E-state index >= 15 is 0 Å². The monoisotopic (exact) mass is 182 g/mol. The zero-order chi connectivity index (χ0) is 9.42. The van der Waals surface area contributed by atoms with E-state index in [1.165, 1.54) is 12.1 Å². The van der Waals surface area contributed by atoms with Crippen molar-refractivity contribution in [2.75, 3.05) is 7.11 Å². The van der Waals surface area contributed by atoms with E-state index in [4.69, 9.17) is 9.47 Å². The van der Waals surface area contributed by atoms with Crippen molar-refractivity contribution >= 4 is 0 Å². The fraction of sp³-hybridized carbons (Fsp3) is 0.400. The zero-order valence-electron chi connectivity index (χ0n) is 7.58. The van der Waals surface area contributed by atoms with E-state index in [-0.39, 0.29) is 18.0 Å². The van der Waals surface area contributed by atoms with Crippen LogP contribution < -0.4 is 4.74 Å². The van der Waals surface area contributed by atoms with E-state index in [2.05, 4.69) is 0 Å². The van der Waals surface area contributed by atoms with E-state index in [9.17, 15) is 4.39 Å². The van der Waals surface area contributed by atoms with E-state index in [1.54, 1.807) is 13.2 Å². The number of hydrogen-bond donors (Lipinski definition) is 0. The number of hydrogen-bond acceptors (Lipinski definition) is 2. The van der Waals surface area contributed by atoms with Crippen molar-refractivity contribution < 1.29 is 13.9 Å². The molecular formula is C10H11FO2. The molecule has 2 rings (SSSR count). The van der Waals surface area contributed by atoms with Crippen molar-refractivity contribution in [2.24, 2.45) is 0 Å². The Balaban J connectivity index is 2.35. The molecule has 0 amide bonds. The van der Waals surface area contributed by atoms with Crippen LogP contribution in [0.25, 0.3) is 0 Å². The van der Waals surface area contributed by atoms with E-state index in [1.807, 2.05) is 6.92 Å². The molecule has 70 valence electrons. The van der Waals surface area contributed by atoms with Gasteiger partial charge in [0, 0.05) is 5.56 Å². The lowest BCUT2D eigenvalue weighted by Crippen LogP contribution is -1.92. The van der Waals surface area contributed by atoms with Crippen LogP contribution in [0, 0.1) is 5.82 Å². The molecule has 1 aromatic carbocycles. The summed E-state index contributed by atoms with van der Waals surface area (Å²) in [5, 5.41) is 0. The van der Waals surface area contributed by atoms with E-state index < -0.39 is 0 Å². The molecule has 0 aliphatic carbocycles. The van der Waals surface area contributed by atoms with Gasteiger partial charge in [-0.25, -0.2) is 4.39 Å². The molecule has 2 atom stereocenters. The molecule has 3 heteroatoms. The zero-order valence-corrected chi connectivity index (χ0v) is 7.58. The fourth-order valence-electron chi connectivity index (χ4n) is 1.44. The molecule has 1 aromatic rings. The molecule has 0 bridgehead atoms. The van der Waals surface area contributed by atoms with Gasteiger partial charge in [0.2, 0.25) is 0 Å². The van der Waals surface area contributed by atoms with Crippen molar-refractivity contribution in [1.82, 2.24) is 0 Å². The van der Waals surface area contributed by atoms with Crippen LogP contribution in [-0.4, -0.2) is 13.2 Å².